The van der Waals surface area contributed by atoms with Gasteiger partial charge in [0, 0.05) is 25.8 Å². The average molecular weight is 281 g/mol. The number of carbonyl (C=O) groups is 1. The molecule has 0 aliphatic heterocycles. The molecule has 1 heterocycles. The van der Waals surface area contributed by atoms with Crippen LogP contribution in [0.1, 0.15) is 30.6 Å². The van der Waals surface area contributed by atoms with Crippen molar-refractivity contribution in [3.8, 4) is 6.07 Å². The predicted octanol–water partition coefficient (Wildman–Crippen LogP) is 2.54. The Morgan fingerprint density at radius 1 is 1.63 bits per heavy atom. The second-order valence-electron chi connectivity index (χ2n) is 4.30. The number of rotatable bonds is 5. The van der Waals surface area contributed by atoms with Gasteiger partial charge in [-0.2, -0.15) is 5.26 Å². The van der Waals surface area contributed by atoms with Gasteiger partial charge in [-0.1, -0.05) is 11.6 Å². The van der Waals surface area contributed by atoms with Gasteiger partial charge in [0.1, 0.15) is 5.82 Å². The van der Waals surface area contributed by atoms with Gasteiger partial charge >= 0.3 is 0 Å². The van der Waals surface area contributed by atoms with Gasteiger partial charge in [-0.05, 0) is 19.9 Å². The van der Waals surface area contributed by atoms with Crippen molar-refractivity contribution >= 4 is 23.3 Å². The molecule has 0 unspecified atom stereocenters. The molecule has 102 valence electrons. The Morgan fingerprint density at radius 3 is 2.79 bits per heavy atom. The lowest BCUT2D eigenvalue weighted by Crippen LogP contribution is -2.37. The molecule has 0 saturated carbocycles. The van der Waals surface area contributed by atoms with E-state index in [-0.39, 0.29) is 11.9 Å². The lowest BCUT2D eigenvalue weighted by atomic mass is 10.2. The number of hydrogen-bond acceptors (Lipinski definition) is 4. The molecule has 0 atom stereocenters. The lowest BCUT2D eigenvalue weighted by molar-refractivity contribution is 0.0710. The number of nitrogens with one attached hydrogen (secondary N) is 1. The van der Waals surface area contributed by atoms with E-state index in [2.05, 4.69) is 10.3 Å². The van der Waals surface area contributed by atoms with Crippen LogP contribution in [0.15, 0.2) is 12.3 Å². The van der Waals surface area contributed by atoms with Gasteiger partial charge in [0.15, 0.2) is 0 Å². The van der Waals surface area contributed by atoms with E-state index in [0.717, 1.165) is 0 Å². The summed E-state index contributed by atoms with van der Waals surface area (Å²) in [5.41, 5.74) is 0.427. The first-order chi connectivity index (χ1) is 9.01. The van der Waals surface area contributed by atoms with E-state index >= 15 is 0 Å². The molecule has 0 aliphatic rings. The summed E-state index contributed by atoms with van der Waals surface area (Å²) in [5, 5.41) is 11.9. The topological polar surface area (TPSA) is 69.0 Å². The Balaban J connectivity index is 2.97. The van der Waals surface area contributed by atoms with Crippen molar-refractivity contribution in [3.05, 3.63) is 22.8 Å². The first kappa shape index (κ1) is 15.3. The molecule has 0 bridgehead atoms. The quantitative estimate of drug-likeness (QED) is 0.900. The van der Waals surface area contributed by atoms with Crippen LogP contribution in [0.2, 0.25) is 5.02 Å². The molecule has 0 aromatic carbocycles. The molecule has 1 aromatic heterocycles. The summed E-state index contributed by atoms with van der Waals surface area (Å²) < 4.78 is 0. The summed E-state index contributed by atoms with van der Waals surface area (Å²) in [5.74, 6) is 0.369. The molecular weight excluding hydrogens is 264 g/mol. The van der Waals surface area contributed by atoms with Gasteiger partial charge in [-0.15, -0.1) is 0 Å². The van der Waals surface area contributed by atoms with Crippen molar-refractivity contribution in [1.82, 2.24) is 9.88 Å². The van der Waals surface area contributed by atoms with Crippen molar-refractivity contribution < 1.29 is 4.79 Å². The molecule has 0 radical (unpaired) electrons. The molecular formula is C13H17ClN4O. The summed E-state index contributed by atoms with van der Waals surface area (Å²) in [6.07, 6.45) is 1.79. The van der Waals surface area contributed by atoms with Gasteiger partial charge in [0.05, 0.1) is 23.1 Å². The summed E-state index contributed by atoms with van der Waals surface area (Å²) >= 11 is 6.01. The van der Waals surface area contributed by atoms with Gasteiger partial charge < -0.3 is 10.2 Å². The van der Waals surface area contributed by atoms with E-state index in [1.807, 2.05) is 19.9 Å². The van der Waals surface area contributed by atoms with E-state index in [1.165, 1.54) is 6.20 Å². The third-order valence-corrected chi connectivity index (χ3v) is 2.96. The van der Waals surface area contributed by atoms with Crippen molar-refractivity contribution in [2.75, 3.05) is 18.9 Å². The van der Waals surface area contributed by atoms with Crippen LogP contribution in [0, 0.1) is 11.3 Å². The van der Waals surface area contributed by atoms with Crippen molar-refractivity contribution in [2.45, 2.75) is 26.3 Å². The molecule has 19 heavy (non-hydrogen) atoms. The molecule has 6 heteroatoms. The van der Waals surface area contributed by atoms with Crippen molar-refractivity contribution in [3.63, 3.8) is 0 Å². The first-order valence-corrected chi connectivity index (χ1v) is 6.40. The van der Waals surface area contributed by atoms with E-state index in [0.29, 0.717) is 29.4 Å². The zero-order valence-corrected chi connectivity index (χ0v) is 12.0. The monoisotopic (exact) mass is 280 g/mol. The van der Waals surface area contributed by atoms with Crippen molar-refractivity contribution in [1.29, 1.82) is 5.26 Å². The smallest absolute Gasteiger partial charge is 0.255 e. The molecule has 1 amide bonds. The number of anilines is 1. The van der Waals surface area contributed by atoms with Crippen LogP contribution in [0.5, 0.6) is 0 Å². The van der Waals surface area contributed by atoms with E-state index < -0.39 is 0 Å². The fourth-order valence-corrected chi connectivity index (χ4v) is 1.93. The van der Waals surface area contributed by atoms with Gasteiger partial charge in [-0.3, -0.25) is 4.79 Å². The van der Waals surface area contributed by atoms with Crippen LogP contribution < -0.4 is 5.32 Å². The zero-order valence-electron chi connectivity index (χ0n) is 11.3. The summed E-state index contributed by atoms with van der Waals surface area (Å²) in [4.78, 5) is 18.1. The zero-order chi connectivity index (χ0) is 14.4. The number of nitriles is 1. The number of amides is 1. The largest absolute Gasteiger partial charge is 0.372 e. The second-order valence-corrected chi connectivity index (χ2v) is 4.71. The standard InChI is InChI=1S/C13H17ClN4O/c1-9(2)18(6-4-5-15)13(19)10-7-11(14)12(16-3)17-8-10/h7-9H,4,6H2,1-3H3,(H,16,17). The minimum Gasteiger partial charge on any atom is -0.372 e. The lowest BCUT2D eigenvalue weighted by Gasteiger charge is -2.25. The molecule has 0 fully saturated rings. The highest BCUT2D eigenvalue weighted by molar-refractivity contribution is 6.33. The van der Waals surface area contributed by atoms with Crippen LogP contribution >= 0.6 is 11.6 Å². The van der Waals surface area contributed by atoms with E-state index in [4.69, 9.17) is 16.9 Å². The molecule has 1 rings (SSSR count). The van der Waals surface area contributed by atoms with Crippen LogP contribution in [-0.4, -0.2) is 35.4 Å². The maximum atomic E-state index is 12.3. The molecule has 1 aromatic rings. The fourth-order valence-electron chi connectivity index (χ4n) is 1.67. The van der Waals surface area contributed by atoms with Crippen LogP contribution in [0.4, 0.5) is 5.82 Å². The van der Waals surface area contributed by atoms with E-state index in [9.17, 15) is 4.79 Å². The molecule has 1 N–H and O–H groups in total. The van der Waals surface area contributed by atoms with Gasteiger partial charge in [-0.25, -0.2) is 4.98 Å². The molecule has 0 spiro atoms. The summed E-state index contributed by atoms with van der Waals surface area (Å²) in [6, 6.07) is 3.65. The number of nitrogens with zero attached hydrogens (tertiary/aromatic N) is 3. The third-order valence-electron chi connectivity index (χ3n) is 2.67. The predicted molar refractivity (Wildman–Crippen MR) is 75.2 cm³/mol. The molecule has 5 nitrogen and oxygen atoms in total. The Kier molecular flexibility index (Phi) is 5.58. The highest BCUT2D eigenvalue weighted by Crippen LogP contribution is 2.20. The van der Waals surface area contributed by atoms with Crippen LogP contribution in [0.3, 0.4) is 0 Å². The minimum absolute atomic E-state index is 0.0172. The van der Waals surface area contributed by atoms with Crippen LogP contribution in [-0.2, 0) is 0 Å². The number of hydrogen-bond donors (Lipinski definition) is 1. The maximum absolute atomic E-state index is 12.3. The highest BCUT2D eigenvalue weighted by atomic mass is 35.5. The molecule has 0 saturated heterocycles. The fraction of sp³-hybridized carbons (Fsp3) is 0.462. The van der Waals surface area contributed by atoms with E-state index in [1.54, 1.807) is 18.0 Å². The number of pyridine rings is 1. The Bertz CT molecular complexity index is 496. The minimum atomic E-state index is -0.165. The normalized spacial score (nSPS) is 10.1. The number of halogens is 1. The number of carbonyl (C=O) groups excluding carboxylic acids is 1. The summed E-state index contributed by atoms with van der Waals surface area (Å²) in [6.45, 7) is 4.22. The average Bonchev–Trinajstić information content (AvgIpc) is 2.38. The maximum Gasteiger partial charge on any atom is 0.255 e. The Labute approximate surface area is 118 Å². The van der Waals surface area contributed by atoms with Crippen molar-refractivity contribution in [2.24, 2.45) is 0 Å². The SMILES string of the molecule is CNc1ncc(C(=O)N(CCC#N)C(C)C)cc1Cl. The van der Waals surface area contributed by atoms with Gasteiger partial charge in [0.2, 0.25) is 0 Å². The Hall–Kier alpha value is -1.80. The van der Waals surface area contributed by atoms with Crippen LogP contribution in [0.25, 0.3) is 0 Å². The highest BCUT2D eigenvalue weighted by Gasteiger charge is 2.19. The number of aromatic nitrogens is 1. The summed E-state index contributed by atoms with van der Waals surface area (Å²) in [7, 11) is 1.71. The van der Waals surface area contributed by atoms with Gasteiger partial charge in [0.25, 0.3) is 5.91 Å². The first-order valence-electron chi connectivity index (χ1n) is 6.02. The Morgan fingerprint density at radius 2 is 2.32 bits per heavy atom. The second kappa shape index (κ2) is 6.95. The third kappa shape index (κ3) is 3.83. The molecule has 0 aliphatic carbocycles.